The summed E-state index contributed by atoms with van der Waals surface area (Å²) in [5, 5.41) is 1.14. The van der Waals surface area contributed by atoms with E-state index in [-0.39, 0.29) is 0 Å². The zero-order valence-corrected chi connectivity index (χ0v) is 17.0. The highest BCUT2D eigenvalue weighted by Gasteiger charge is 2.18. The fourth-order valence-electron chi connectivity index (χ4n) is 2.96. The molecular formula is C24H20N2O3P. The Morgan fingerprint density at radius 3 is 1.43 bits per heavy atom. The average Bonchev–Trinajstić information content (AvgIpc) is 2.74. The van der Waals surface area contributed by atoms with Gasteiger partial charge in [0.1, 0.15) is 30.8 Å². The molecule has 5 nitrogen and oxygen atoms in total. The summed E-state index contributed by atoms with van der Waals surface area (Å²) in [6.07, 6.45) is 0. The van der Waals surface area contributed by atoms with Crippen LogP contribution in [0.5, 0.6) is 23.0 Å². The fourth-order valence-corrected chi connectivity index (χ4v) is 4.31. The van der Waals surface area contributed by atoms with Crippen LogP contribution < -0.4 is 31.6 Å². The summed E-state index contributed by atoms with van der Waals surface area (Å²) in [4.78, 5) is 0. The summed E-state index contributed by atoms with van der Waals surface area (Å²) < 4.78 is 25.5. The van der Waals surface area contributed by atoms with Gasteiger partial charge in [0.25, 0.3) is 0 Å². The molecule has 0 saturated carbocycles. The molecule has 6 heteroatoms. The number of ether oxygens (including phenoxy) is 2. The highest BCUT2D eigenvalue weighted by molar-refractivity contribution is 7.62. The maximum absolute atomic E-state index is 13.5. The molecular weight excluding hydrogens is 395 g/mol. The molecule has 0 unspecified atom stereocenters. The van der Waals surface area contributed by atoms with Crippen molar-refractivity contribution < 1.29 is 14.0 Å². The number of para-hydroxylation sites is 2. The molecule has 30 heavy (non-hydrogen) atoms. The van der Waals surface area contributed by atoms with Gasteiger partial charge in [-0.2, -0.15) is 0 Å². The van der Waals surface area contributed by atoms with Crippen molar-refractivity contribution in [2.45, 2.75) is 0 Å². The normalized spacial score (nSPS) is 10.4. The summed E-state index contributed by atoms with van der Waals surface area (Å²) in [5.74, 6) is 2.16. The first-order valence-electron chi connectivity index (χ1n) is 9.32. The lowest BCUT2D eigenvalue weighted by molar-refractivity contribution is 0.485. The van der Waals surface area contributed by atoms with Crippen molar-refractivity contribution in [1.82, 2.24) is 0 Å². The lowest BCUT2D eigenvalue weighted by atomic mass is 10.3. The lowest BCUT2D eigenvalue weighted by Gasteiger charge is -2.14. The van der Waals surface area contributed by atoms with Crippen molar-refractivity contribution in [3.63, 3.8) is 0 Å². The standard InChI is InChI=1S/C24H20N2O3P/c25-17-7-5-9-19(15-17)28-21-11-1-3-13-23(21)30(27)24-14-4-2-12-22(24)29-20-10-6-8-18(26)16-20/h1-16H,25-26H2. The molecule has 4 rings (SSSR count). The average molecular weight is 415 g/mol. The van der Waals surface area contributed by atoms with Gasteiger partial charge in [0.15, 0.2) is 0 Å². The molecule has 1 radical (unpaired) electrons. The minimum Gasteiger partial charge on any atom is -0.456 e. The van der Waals surface area contributed by atoms with Crippen molar-refractivity contribution in [3.05, 3.63) is 97.1 Å². The Morgan fingerprint density at radius 2 is 1.00 bits per heavy atom. The highest BCUT2D eigenvalue weighted by atomic mass is 31.1. The Morgan fingerprint density at radius 1 is 0.567 bits per heavy atom. The summed E-state index contributed by atoms with van der Waals surface area (Å²) in [6.45, 7) is 0. The zero-order valence-electron chi connectivity index (χ0n) is 16.1. The van der Waals surface area contributed by atoms with Crippen LogP contribution >= 0.6 is 7.80 Å². The van der Waals surface area contributed by atoms with Gasteiger partial charge >= 0.3 is 0 Å². The van der Waals surface area contributed by atoms with E-state index >= 15 is 0 Å². The van der Waals surface area contributed by atoms with Crippen molar-refractivity contribution in [3.8, 4) is 23.0 Å². The topological polar surface area (TPSA) is 87.6 Å². The lowest BCUT2D eigenvalue weighted by Crippen LogP contribution is -2.11. The second kappa shape index (κ2) is 8.68. The van der Waals surface area contributed by atoms with Crippen molar-refractivity contribution >= 4 is 29.8 Å². The number of benzene rings is 4. The van der Waals surface area contributed by atoms with Crippen LogP contribution in [0.4, 0.5) is 11.4 Å². The van der Waals surface area contributed by atoms with Gasteiger partial charge in [-0.25, -0.2) is 0 Å². The maximum atomic E-state index is 13.5. The molecule has 0 saturated heterocycles. The van der Waals surface area contributed by atoms with Crippen molar-refractivity contribution in [2.24, 2.45) is 0 Å². The molecule has 149 valence electrons. The van der Waals surface area contributed by atoms with E-state index in [0.29, 0.717) is 45.0 Å². The van der Waals surface area contributed by atoms with E-state index in [1.54, 1.807) is 60.7 Å². The molecule has 4 aromatic carbocycles. The van der Waals surface area contributed by atoms with Gasteiger partial charge in [-0.1, -0.05) is 36.4 Å². The number of hydrogen-bond donors (Lipinski definition) is 2. The maximum Gasteiger partial charge on any atom is 0.144 e. The Hall–Kier alpha value is -3.82. The van der Waals surface area contributed by atoms with E-state index in [2.05, 4.69) is 0 Å². The van der Waals surface area contributed by atoms with Crippen LogP contribution in [0.3, 0.4) is 0 Å². The van der Waals surface area contributed by atoms with Gasteiger partial charge in [0.2, 0.25) is 0 Å². The Labute approximate surface area is 175 Å². The van der Waals surface area contributed by atoms with E-state index < -0.39 is 7.80 Å². The first-order chi connectivity index (χ1) is 14.6. The zero-order chi connectivity index (χ0) is 20.9. The Kier molecular flexibility index (Phi) is 5.64. The van der Waals surface area contributed by atoms with Gasteiger partial charge in [-0.15, -0.1) is 0 Å². The minimum absolute atomic E-state index is 0.503. The highest BCUT2D eigenvalue weighted by Crippen LogP contribution is 2.33. The molecule has 0 aromatic heterocycles. The smallest absolute Gasteiger partial charge is 0.144 e. The SMILES string of the molecule is Nc1cccc(Oc2ccccc2[P](=O)c2ccccc2Oc2cccc(N)c2)c1. The van der Waals surface area contributed by atoms with Gasteiger partial charge in [-0.05, 0) is 48.5 Å². The molecule has 0 aliphatic heterocycles. The Balaban J connectivity index is 1.67. The predicted octanol–water partition coefficient (Wildman–Crippen LogP) is 5.21. The van der Waals surface area contributed by atoms with E-state index in [4.69, 9.17) is 20.9 Å². The molecule has 4 N–H and O–H groups in total. The number of nitrogen functional groups attached to an aromatic ring is 2. The van der Waals surface area contributed by atoms with Crippen LogP contribution in [-0.4, -0.2) is 0 Å². The van der Waals surface area contributed by atoms with E-state index in [1.807, 2.05) is 36.4 Å². The first kappa shape index (κ1) is 19.5. The predicted molar refractivity (Wildman–Crippen MR) is 122 cm³/mol. The molecule has 0 bridgehead atoms. The summed E-state index contributed by atoms with van der Waals surface area (Å²) >= 11 is 0. The van der Waals surface area contributed by atoms with Gasteiger partial charge in [0, 0.05) is 23.5 Å². The van der Waals surface area contributed by atoms with E-state index in [9.17, 15) is 4.57 Å². The van der Waals surface area contributed by atoms with Gasteiger partial charge in [-0.3, -0.25) is 4.57 Å². The van der Waals surface area contributed by atoms with Crippen LogP contribution in [0.25, 0.3) is 0 Å². The summed E-state index contributed by atoms with van der Waals surface area (Å²) in [7, 11) is -1.98. The van der Waals surface area contributed by atoms with Crippen LogP contribution in [0.15, 0.2) is 97.1 Å². The quantitative estimate of drug-likeness (QED) is 0.333. The second-order valence-corrected chi connectivity index (χ2v) is 8.13. The molecule has 0 amide bonds. The van der Waals surface area contributed by atoms with Crippen LogP contribution in [0.1, 0.15) is 0 Å². The van der Waals surface area contributed by atoms with Gasteiger partial charge < -0.3 is 20.9 Å². The Bertz CT molecular complexity index is 1120. The molecule has 0 aliphatic carbocycles. The molecule has 0 heterocycles. The second-order valence-electron chi connectivity index (χ2n) is 6.58. The van der Waals surface area contributed by atoms with Crippen LogP contribution in [-0.2, 0) is 4.57 Å². The first-order valence-corrected chi connectivity index (χ1v) is 10.6. The van der Waals surface area contributed by atoms with Crippen molar-refractivity contribution in [2.75, 3.05) is 11.5 Å². The molecule has 0 atom stereocenters. The van der Waals surface area contributed by atoms with Crippen LogP contribution in [0, 0.1) is 0 Å². The minimum atomic E-state index is -1.98. The molecule has 4 aromatic rings. The number of rotatable bonds is 6. The third-order valence-electron chi connectivity index (χ3n) is 4.34. The molecule has 0 aliphatic rings. The summed E-state index contributed by atoms with van der Waals surface area (Å²) in [5.41, 5.74) is 12.9. The third kappa shape index (κ3) is 4.43. The summed E-state index contributed by atoms with van der Waals surface area (Å²) in [6, 6.07) is 28.7. The monoisotopic (exact) mass is 415 g/mol. The molecule has 0 fully saturated rings. The number of nitrogens with two attached hydrogens (primary N) is 2. The van der Waals surface area contributed by atoms with Crippen LogP contribution in [0.2, 0.25) is 0 Å². The van der Waals surface area contributed by atoms with E-state index in [0.717, 1.165) is 0 Å². The van der Waals surface area contributed by atoms with Gasteiger partial charge in [0.05, 0.1) is 10.6 Å². The number of hydrogen-bond acceptors (Lipinski definition) is 5. The molecule has 0 spiro atoms. The van der Waals surface area contributed by atoms with E-state index in [1.165, 1.54) is 0 Å². The largest absolute Gasteiger partial charge is 0.456 e. The number of anilines is 2. The van der Waals surface area contributed by atoms with Crippen molar-refractivity contribution in [1.29, 1.82) is 0 Å². The third-order valence-corrected chi connectivity index (χ3v) is 5.95. The fraction of sp³-hybridized carbons (Fsp3) is 0.